The molecule has 0 aliphatic carbocycles. The van der Waals surface area contributed by atoms with Crippen LogP contribution in [0.25, 0.3) is 0 Å². The maximum atomic E-state index is 14.1. The van der Waals surface area contributed by atoms with Crippen molar-refractivity contribution in [3.05, 3.63) is 59.2 Å². The molecule has 0 radical (unpaired) electrons. The number of nitriles is 1. The minimum absolute atomic E-state index is 0.00939. The number of carbonyl (C=O) groups excluding carboxylic acids is 3. The number of ether oxygens (including phenoxy) is 1. The normalized spacial score (nSPS) is 13.3. The van der Waals surface area contributed by atoms with Gasteiger partial charge in [0, 0.05) is 12.5 Å². The maximum Gasteiger partial charge on any atom is 0.408 e. The van der Waals surface area contributed by atoms with Gasteiger partial charge in [-0.1, -0.05) is 31.5 Å². The van der Waals surface area contributed by atoms with Gasteiger partial charge in [0.25, 0.3) is 0 Å². The Morgan fingerprint density at radius 2 is 1.73 bits per heavy atom. The summed E-state index contributed by atoms with van der Waals surface area (Å²) in [6, 6.07) is 10.1. The van der Waals surface area contributed by atoms with Crippen molar-refractivity contribution in [2.75, 3.05) is 6.54 Å². The molecule has 2 aromatic rings. The lowest BCUT2D eigenvalue weighted by Crippen LogP contribution is -2.54. The number of hydrogen-bond donors (Lipinski definition) is 4. The predicted octanol–water partition coefficient (Wildman–Crippen LogP) is 4.24. The molecule has 3 atom stereocenters. The van der Waals surface area contributed by atoms with Crippen molar-refractivity contribution in [2.24, 2.45) is 0 Å². The van der Waals surface area contributed by atoms with Gasteiger partial charge in [-0.05, 0) is 82.0 Å². The number of aryl methyl sites for hydroxylation is 1. The second-order valence-corrected chi connectivity index (χ2v) is 10.8. The molecule has 10 nitrogen and oxygen atoms in total. The molecule has 3 amide bonds. The van der Waals surface area contributed by atoms with Crippen LogP contribution in [-0.4, -0.2) is 57.3 Å². The van der Waals surface area contributed by atoms with Crippen molar-refractivity contribution in [2.45, 2.75) is 84.5 Å². The van der Waals surface area contributed by atoms with E-state index in [1.54, 1.807) is 45.9 Å². The molecule has 0 heterocycles. The van der Waals surface area contributed by atoms with Gasteiger partial charge in [-0.2, -0.15) is 5.26 Å². The first-order valence-electron chi connectivity index (χ1n) is 13.3. The van der Waals surface area contributed by atoms with Gasteiger partial charge in [0.05, 0.1) is 6.07 Å². The topological polar surface area (TPSA) is 152 Å². The van der Waals surface area contributed by atoms with Crippen molar-refractivity contribution < 1.29 is 29.3 Å². The summed E-state index contributed by atoms with van der Waals surface area (Å²) >= 11 is 0. The molecule has 10 heteroatoms. The number of carbonyl (C=O) groups is 3. The Hall–Kier alpha value is -4.26. The lowest BCUT2D eigenvalue weighted by atomic mass is 9.98. The monoisotopic (exact) mass is 552 g/mol. The Balaban J connectivity index is 2.56. The van der Waals surface area contributed by atoms with Crippen LogP contribution in [0.4, 0.5) is 4.79 Å². The Labute approximate surface area is 235 Å². The molecule has 0 fully saturated rings. The van der Waals surface area contributed by atoms with E-state index in [1.165, 1.54) is 24.3 Å². The molecule has 0 aliphatic rings. The summed E-state index contributed by atoms with van der Waals surface area (Å²) in [6.45, 7) is 10.1. The number of phenols is 2. The van der Waals surface area contributed by atoms with Gasteiger partial charge in [-0.25, -0.2) is 4.79 Å². The fraction of sp³-hybridized carbons (Fsp3) is 0.467. The first kappa shape index (κ1) is 32.0. The smallest absolute Gasteiger partial charge is 0.408 e. The molecule has 0 spiro atoms. The molecule has 2 aromatic carbocycles. The highest BCUT2D eigenvalue weighted by atomic mass is 16.6. The number of amides is 3. The Morgan fingerprint density at radius 3 is 2.27 bits per heavy atom. The van der Waals surface area contributed by atoms with Gasteiger partial charge in [0.15, 0.2) is 0 Å². The largest absolute Gasteiger partial charge is 0.508 e. The highest BCUT2D eigenvalue weighted by Gasteiger charge is 2.37. The molecule has 2 rings (SSSR count). The van der Waals surface area contributed by atoms with Gasteiger partial charge >= 0.3 is 6.09 Å². The Morgan fingerprint density at radius 1 is 1.07 bits per heavy atom. The number of nitrogens with zero attached hydrogens (tertiary/aromatic N) is 2. The molecule has 3 unspecified atom stereocenters. The van der Waals surface area contributed by atoms with Crippen LogP contribution in [0.3, 0.4) is 0 Å². The third-order valence-electron chi connectivity index (χ3n) is 6.10. The van der Waals surface area contributed by atoms with Crippen LogP contribution < -0.4 is 10.6 Å². The van der Waals surface area contributed by atoms with Crippen molar-refractivity contribution in [1.29, 1.82) is 5.26 Å². The van der Waals surface area contributed by atoms with E-state index in [9.17, 15) is 29.9 Å². The van der Waals surface area contributed by atoms with E-state index >= 15 is 0 Å². The maximum absolute atomic E-state index is 14.1. The summed E-state index contributed by atoms with van der Waals surface area (Å²) < 4.78 is 5.38. The molecule has 0 bridgehead atoms. The Kier molecular flexibility index (Phi) is 11.4. The molecule has 0 saturated heterocycles. The summed E-state index contributed by atoms with van der Waals surface area (Å²) in [7, 11) is 0. The number of alkyl carbamates (subject to hydrolysis) is 1. The fourth-order valence-electron chi connectivity index (χ4n) is 4.24. The first-order valence-corrected chi connectivity index (χ1v) is 13.3. The molecule has 216 valence electrons. The molecular weight excluding hydrogens is 512 g/mol. The van der Waals surface area contributed by atoms with Gasteiger partial charge in [0.1, 0.15) is 35.7 Å². The van der Waals surface area contributed by atoms with E-state index in [0.717, 1.165) is 11.3 Å². The van der Waals surface area contributed by atoms with Crippen molar-refractivity contribution >= 4 is 17.9 Å². The predicted molar refractivity (Wildman–Crippen MR) is 150 cm³/mol. The summed E-state index contributed by atoms with van der Waals surface area (Å²) in [5.74, 6) is -1.10. The number of nitrogens with one attached hydrogen (secondary N) is 2. The second-order valence-electron chi connectivity index (χ2n) is 10.8. The fourth-order valence-corrected chi connectivity index (χ4v) is 4.24. The highest BCUT2D eigenvalue weighted by molar-refractivity contribution is 5.92. The SMILES string of the molecule is CCCC(C)NC(=O)C(c1ccc(O)c(C)c1)N(CC#N)C(=O)C(Cc1ccc(O)cc1)NC(=O)OC(C)(C)C. The summed E-state index contributed by atoms with van der Waals surface area (Å²) in [6.07, 6.45) is 0.720. The quantitative estimate of drug-likeness (QED) is 0.304. The minimum Gasteiger partial charge on any atom is -0.508 e. The van der Waals surface area contributed by atoms with Crippen molar-refractivity contribution in [3.8, 4) is 17.6 Å². The highest BCUT2D eigenvalue weighted by Crippen LogP contribution is 2.27. The molecule has 40 heavy (non-hydrogen) atoms. The third-order valence-corrected chi connectivity index (χ3v) is 6.10. The van der Waals surface area contributed by atoms with Crippen LogP contribution in [0, 0.1) is 18.3 Å². The number of phenolic OH excluding ortho intramolecular Hbond substituents is 2. The van der Waals surface area contributed by atoms with Gasteiger partial charge in [-0.3, -0.25) is 9.59 Å². The van der Waals surface area contributed by atoms with E-state index in [2.05, 4.69) is 10.6 Å². The molecule has 0 saturated carbocycles. The molecule has 0 aromatic heterocycles. The van der Waals surface area contributed by atoms with Crippen LogP contribution >= 0.6 is 0 Å². The van der Waals surface area contributed by atoms with Crippen LogP contribution in [0.2, 0.25) is 0 Å². The zero-order valence-corrected chi connectivity index (χ0v) is 24.0. The van der Waals surface area contributed by atoms with Crippen LogP contribution in [0.5, 0.6) is 11.5 Å². The zero-order valence-electron chi connectivity index (χ0n) is 24.0. The number of rotatable bonds is 11. The number of aromatic hydroxyl groups is 2. The van der Waals surface area contributed by atoms with E-state index in [-0.39, 0.29) is 24.0 Å². The van der Waals surface area contributed by atoms with Crippen LogP contribution in [0.15, 0.2) is 42.5 Å². The molecule has 4 N–H and O–H groups in total. The lowest BCUT2D eigenvalue weighted by molar-refractivity contribution is -0.142. The van der Waals surface area contributed by atoms with Crippen molar-refractivity contribution in [3.63, 3.8) is 0 Å². The molecular formula is C30H40N4O6. The van der Waals surface area contributed by atoms with Gasteiger partial charge < -0.3 is 30.5 Å². The number of benzene rings is 2. The van der Waals surface area contributed by atoms with E-state index in [1.807, 2.05) is 19.9 Å². The second kappa shape index (κ2) is 14.2. The van der Waals surface area contributed by atoms with Gasteiger partial charge in [-0.15, -0.1) is 0 Å². The minimum atomic E-state index is -1.21. The zero-order chi connectivity index (χ0) is 30.0. The average Bonchev–Trinajstić information content (AvgIpc) is 2.85. The lowest BCUT2D eigenvalue weighted by Gasteiger charge is -2.33. The summed E-state index contributed by atoms with van der Waals surface area (Å²) in [5, 5.41) is 35.0. The average molecular weight is 553 g/mol. The first-order chi connectivity index (χ1) is 18.7. The summed E-state index contributed by atoms with van der Waals surface area (Å²) in [5.41, 5.74) is 0.695. The summed E-state index contributed by atoms with van der Waals surface area (Å²) in [4.78, 5) is 41.7. The Bertz CT molecular complexity index is 1220. The standard InChI is InChI=1S/C30H40N4O6/c1-7-8-20(3)32-27(37)26(22-11-14-25(36)19(2)17-22)34(16-15-31)28(38)24(33-29(39)40-30(4,5)6)18-21-9-12-23(35)13-10-21/h9-14,17,20,24,26,35-36H,7-8,16,18H2,1-6H3,(H,32,37)(H,33,39). The number of hydrogen-bond acceptors (Lipinski definition) is 7. The van der Waals surface area contributed by atoms with Crippen molar-refractivity contribution in [1.82, 2.24) is 15.5 Å². The van der Waals surface area contributed by atoms with E-state index < -0.39 is 42.1 Å². The van der Waals surface area contributed by atoms with Crippen LogP contribution in [-0.2, 0) is 20.7 Å². The van der Waals surface area contributed by atoms with Crippen LogP contribution in [0.1, 0.15) is 70.2 Å². The van der Waals surface area contributed by atoms with Gasteiger partial charge in [0.2, 0.25) is 11.8 Å². The molecule has 0 aliphatic heterocycles. The van der Waals surface area contributed by atoms with E-state index in [0.29, 0.717) is 23.1 Å². The third kappa shape index (κ3) is 9.49. The van der Waals surface area contributed by atoms with E-state index in [4.69, 9.17) is 4.74 Å².